The van der Waals surface area contributed by atoms with Crippen LogP contribution in [0.25, 0.3) is 11.1 Å². The summed E-state index contributed by atoms with van der Waals surface area (Å²) < 4.78 is 5.53. The van der Waals surface area contributed by atoms with Gasteiger partial charge in [0.2, 0.25) is 5.91 Å². The predicted octanol–water partition coefficient (Wildman–Crippen LogP) is 4.28. The van der Waals surface area contributed by atoms with Crippen molar-refractivity contribution in [3.8, 4) is 23.5 Å². The number of carboxylic acids is 1. The van der Waals surface area contributed by atoms with E-state index >= 15 is 0 Å². The highest BCUT2D eigenvalue weighted by molar-refractivity contribution is 6.04. The third kappa shape index (κ3) is 4.73. The average molecular weight is 469 g/mol. The second kappa shape index (κ2) is 10.1. The number of anilines is 1. The van der Waals surface area contributed by atoms with Crippen molar-refractivity contribution in [2.24, 2.45) is 0 Å². The number of carbonyl (C=O) groups is 3. The summed E-state index contributed by atoms with van der Waals surface area (Å²) in [6.07, 6.45) is 4.57. The second-order valence-corrected chi connectivity index (χ2v) is 8.15. The summed E-state index contributed by atoms with van der Waals surface area (Å²) in [5, 5.41) is 12.0. The third-order valence-corrected chi connectivity index (χ3v) is 6.08. The first-order valence-corrected chi connectivity index (χ1v) is 11.1. The smallest absolute Gasteiger partial charge is 0.407 e. The number of aromatic carboxylic acids is 1. The van der Waals surface area contributed by atoms with E-state index in [0.717, 1.165) is 22.3 Å². The number of likely N-dealkylation sites (N-methyl/N-ethyl adjacent to an activating group) is 1. The molecule has 0 radical (unpaired) electrons. The Morgan fingerprint density at radius 2 is 1.57 bits per heavy atom. The molecule has 1 aliphatic carbocycles. The van der Waals surface area contributed by atoms with Gasteiger partial charge in [0.1, 0.15) is 12.6 Å². The number of ether oxygens (including phenoxy) is 1. The fourth-order valence-corrected chi connectivity index (χ4v) is 4.40. The van der Waals surface area contributed by atoms with E-state index in [0.29, 0.717) is 0 Å². The minimum absolute atomic E-state index is 0.0380. The first kappa shape index (κ1) is 23.6. The van der Waals surface area contributed by atoms with Crippen molar-refractivity contribution >= 4 is 23.7 Å². The summed E-state index contributed by atoms with van der Waals surface area (Å²) in [4.78, 5) is 38.5. The van der Waals surface area contributed by atoms with Crippen LogP contribution < -0.4 is 10.2 Å². The Morgan fingerprint density at radius 1 is 1.00 bits per heavy atom. The molecule has 2 amide bonds. The van der Waals surface area contributed by atoms with Gasteiger partial charge in [0.15, 0.2) is 0 Å². The van der Waals surface area contributed by atoms with Crippen molar-refractivity contribution in [1.82, 2.24) is 5.32 Å². The van der Waals surface area contributed by atoms with E-state index < -0.39 is 24.0 Å². The van der Waals surface area contributed by atoms with E-state index in [1.807, 2.05) is 48.5 Å². The number of rotatable bonds is 7. The molecule has 2 N–H and O–H groups in total. The molecule has 1 aliphatic rings. The monoisotopic (exact) mass is 468 g/mol. The van der Waals surface area contributed by atoms with Crippen molar-refractivity contribution in [2.75, 3.05) is 18.6 Å². The van der Waals surface area contributed by atoms with Gasteiger partial charge < -0.3 is 20.1 Å². The maximum Gasteiger partial charge on any atom is 0.407 e. The topological polar surface area (TPSA) is 95.9 Å². The lowest BCUT2D eigenvalue weighted by Crippen LogP contribution is -2.48. The van der Waals surface area contributed by atoms with Crippen molar-refractivity contribution < 1.29 is 24.2 Å². The number of carboxylic acid groups (broad SMARTS) is 1. The fraction of sp³-hybridized carbons (Fsp3) is 0.179. The summed E-state index contributed by atoms with van der Waals surface area (Å²) in [7, 11) is 1.44. The number of alkyl carbamates (subject to hydrolysis) is 1. The molecule has 0 aliphatic heterocycles. The summed E-state index contributed by atoms with van der Waals surface area (Å²) in [6.45, 7) is 0.0918. The lowest BCUT2D eigenvalue weighted by Gasteiger charge is -2.25. The average Bonchev–Trinajstić information content (AvgIpc) is 3.20. The highest BCUT2D eigenvalue weighted by Gasteiger charge is 2.30. The van der Waals surface area contributed by atoms with Crippen LogP contribution in [0.15, 0.2) is 72.8 Å². The summed E-state index contributed by atoms with van der Waals surface area (Å²) in [5.74, 6) is 0.543. The number of benzene rings is 3. The molecule has 4 rings (SSSR count). The van der Waals surface area contributed by atoms with E-state index in [9.17, 15) is 19.5 Å². The van der Waals surface area contributed by atoms with Crippen molar-refractivity contribution in [3.63, 3.8) is 0 Å². The maximum atomic E-state index is 13.1. The Morgan fingerprint density at radius 3 is 2.17 bits per heavy atom. The summed E-state index contributed by atoms with van der Waals surface area (Å²) >= 11 is 0. The number of terminal acetylenes is 1. The van der Waals surface area contributed by atoms with E-state index in [4.69, 9.17) is 11.2 Å². The van der Waals surface area contributed by atoms with Crippen LogP contribution in [-0.4, -0.2) is 42.8 Å². The van der Waals surface area contributed by atoms with E-state index in [1.54, 1.807) is 12.1 Å². The second-order valence-electron chi connectivity index (χ2n) is 8.15. The zero-order valence-electron chi connectivity index (χ0n) is 19.1. The quantitative estimate of drug-likeness (QED) is 0.505. The fourth-order valence-electron chi connectivity index (χ4n) is 4.40. The van der Waals surface area contributed by atoms with E-state index in [-0.39, 0.29) is 30.2 Å². The van der Waals surface area contributed by atoms with Crippen LogP contribution in [0.3, 0.4) is 0 Å². The third-order valence-electron chi connectivity index (χ3n) is 6.08. The van der Waals surface area contributed by atoms with Crippen LogP contribution in [0, 0.1) is 12.3 Å². The van der Waals surface area contributed by atoms with Gasteiger partial charge in [-0.15, -0.1) is 12.3 Å². The van der Waals surface area contributed by atoms with Gasteiger partial charge in [-0.3, -0.25) is 4.79 Å². The molecule has 0 saturated heterocycles. The van der Waals surface area contributed by atoms with E-state index in [2.05, 4.69) is 11.2 Å². The van der Waals surface area contributed by atoms with Gasteiger partial charge in [0.05, 0.1) is 11.3 Å². The SMILES string of the molecule is C#CCC(NC(=O)OCC1c2ccccc2-c2ccccc21)C(=O)N(C)c1ccccc1C(=O)O. The first-order chi connectivity index (χ1) is 16.9. The lowest BCUT2D eigenvalue weighted by molar-refractivity contribution is -0.120. The Kier molecular flexibility index (Phi) is 6.83. The number of carbonyl (C=O) groups excluding carboxylic acids is 2. The molecule has 0 heterocycles. The molecule has 0 spiro atoms. The molecule has 3 aromatic rings. The van der Waals surface area contributed by atoms with Gasteiger partial charge in [-0.1, -0.05) is 60.7 Å². The molecule has 0 aromatic heterocycles. The zero-order chi connectivity index (χ0) is 24.9. The van der Waals surface area contributed by atoms with Crippen LogP contribution in [0.2, 0.25) is 0 Å². The molecule has 3 aromatic carbocycles. The molecule has 7 heteroatoms. The van der Waals surface area contributed by atoms with Crippen LogP contribution >= 0.6 is 0 Å². The van der Waals surface area contributed by atoms with Crippen molar-refractivity contribution in [3.05, 3.63) is 89.5 Å². The number of fused-ring (bicyclic) bond motifs is 3. The maximum absolute atomic E-state index is 13.1. The Hall–Kier alpha value is -4.57. The van der Waals surface area contributed by atoms with Gasteiger partial charge in [0.25, 0.3) is 0 Å². The van der Waals surface area contributed by atoms with Gasteiger partial charge in [-0.05, 0) is 34.4 Å². The number of amides is 2. The highest BCUT2D eigenvalue weighted by atomic mass is 16.5. The van der Waals surface area contributed by atoms with E-state index in [1.165, 1.54) is 24.1 Å². The molecule has 0 fully saturated rings. The zero-order valence-corrected chi connectivity index (χ0v) is 19.1. The van der Waals surface area contributed by atoms with Crippen molar-refractivity contribution in [2.45, 2.75) is 18.4 Å². The molecule has 176 valence electrons. The summed E-state index contributed by atoms with van der Waals surface area (Å²) in [6, 6.07) is 21.0. The standard InChI is InChI=1S/C28H24N2O5/c1-3-10-24(26(31)30(2)25-16-9-8-15-22(25)27(32)33)29-28(34)35-17-23-20-13-6-4-11-18(20)19-12-5-7-14-21(19)23/h1,4-9,11-16,23-24H,10,17H2,2H3,(H,29,34)(H,32,33). The lowest BCUT2D eigenvalue weighted by atomic mass is 9.98. The molecule has 35 heavy (non-hydrogen) atoms. The Bertz CT molecular complexity index is 1280. The van der Waals surface area contributed by atoms with Gasteiger partial charge in [-0.25, -0.2) is 9.59 Å². The van der Waals surface area contributed by atoms with Gasteiger partial charge in [-0.2, -0.15) is 0 Å². The Balaban J connectivity index is 1.46. The number of hydrogen-bond donors (Lipinski definition) is 2. The number of para-hydroxylation sites is 1. The van der Waals surface area contributed by atoms with Gasteiger partial charge >= 0.3 is 12.1 Å². The molecular formula is C28H24N2O5. The van der Waals surface area contributed by atoms with Crippen molar-refractivity contribution in [1.29, 1.82) is 0 Å². The molecule has 1 atom stereocenters. The van der Waals surface area contributed by atoms with Crippen LogP contribution in [0.5, 0.6) is 0 Å². The van der Waals surface area contributed by atoms with Gasteiger partial charge in [0, 0.05) is 19.4 Å². The normalized spacial score (nSPS) is 12.6. The molecule has 7 nitrogen and oxygen atoms in total. The molecule has 0 bridgehead atoms. The largest absolute Gasteiger partial charge is 0.478 e. The molecule has 1 unspecified atom stereocenters. The highest BCUT2D eigenvalue weighted by Crippen LogP contribution is 2.44. The summed E-state index contributed by atoms with van der Waals surface area (Å²) in [5.41, 5.74) is 4.52. The number of nitrogens with zero attached hydrogens (tertiary/aromatic N) is 1. The Labute approximate surface area is 203 Å². The minimum Gasteiger partial charge on any atom is -0.478 e. The van der Waals surface area contributed by atoms with Crippen LogP contribution in [-0.2, 0) is 9.53 Å². The first-order valence-electron chi connectivity index (χ1n) is 11.1. The number of nitrogens with one attached hydrogen (secondary N) is 1. The molecule has 0 saturated carbocycles. The van der Waals surface area contributed by atoms with Crippen LogP contribution in [0.4, 0.5) is 10.5 Å². The van der Waals surface area contributed by atoms with Crippen LogP contribution in [0.1, 0.15) is 33.8 Å². The predicted molar refractivity (Wildman–Crippen MR) is 132 cm³/mol. The molecular weight excluding hydrogens is 444 g/mol. The minimum atomic E-state index is -1.17. The number of hydrogen-bond acceptors (Lipinski definition) is 4.